The molecule has 2 atom stereocenters. The predicted molar refractivity (Wildman–Crippen MR) is 72.1 cm³/mol. The molecular formula is C14H13N5O2. The third kappa shape index (κ3) is 2.75. The molecule has 1 amide bonds. The smallest absolute Gasteiger partial charge is 0.253 e. The van der Waals surface area contributed by atoms with Crippen LogP contribution in [-0.4, -0.2) is 33.7 Å². The van der Waals surface area contributed by atoms with Crippen LogP contribution >= 0.6 is 0 Å². The van der Waals surface area contributed by atoms with E-state index >= 15 is 0 Å². The van der Waals surface area contributed by atoms with Crippen molar-refractivity contribution in [2.75, 3.05) is 6.61 Å². The maximum Gasteiger partial charge on any atom is 0.253 e. The third-order valence-corrected chi connectivity index (χ3v) is 3.38. The van der Waals surface area contributed by atoms with Crippen LogP contribution in [0.3, 0.4) is 0 Å². The summed E-state index contributed by atoms with van der Waals surface area (Å²) in [7, 11) is 0. The molecule has 7 heteroatoms. The first-order valence-corrected chi connectivity index (χ1v) is 6.56. The van der Waals surface area contributed by atoms with E-state index in [0.29, 0.717) is 12.2 Å². The number of hydrogen-bond donors (Lipinski definition) is 2. The number of nitrogens with zero attached hydrogens (tertiary/aromatic N) is 3. The van der Waals surface area contributed by atoms with E-state index in [2.05, 4.69) is 20.5 Å². The van der Waals surface area contributed by atoms with Crippen LogP contribution in [0.5, 0.6) is 0 Å². The van der Waals surface area contributed by atoms with Crippen molar-refractivity contribution in [1.29, 1.82) is 5.26 Å². The molecule has 2 aromatic rings. The first-order chi connectivity index (χ1) is 10.3. The number of pyridine rings is 1. The summed E-state index contributed by atoms with van der Waals surface area (Å²) >= 11 is 0. The van der Waals surface area contributed by atoms with Crippen LogP contribution in [0.25, 0.3) is 0 Å². The molecule has 2 aromatic heterocycles. The summed E-state index contributed by atoms with van der Waals surface area (Å²) in [6.45, 7) is 0.584. The maximum atomic E-state index is 12.2. The number of H-pyrrole nitrogens is 1. The van der Waals surface area contributed by atoms with Gasteiger partial charge >= 0.3 is 0 Å². The highest BCUT2D eigenvalue weighted by Gasteiger charge is 2.32. The quantitative estimate of drug-likeness (QED) is 0.872. The van der Waals surface area contributed by atoms with Gasteiger partial charge in [0.2, 0.25) is 0 Å². The van der Waals surface area contributed by atoms with Gasteiger partial charge in [0.25, 0.3) is 5.91 Å². The Balaban J connectivity index is 1.70. The number of aromatic amines is 1. The van der Waals surface area contributed by atoms with E-state index in [0.717, 1.165) is 12.1 Å². The molecular weight excluding hydrogens is 270 g/mol. The molecule has 2 N–H and O–H groups in total. The van der Waals surface area contributed by atoms with Crippen LogP contribution in [0.1, 0.15) is 34.3 Å². The normalized spacial score (nSPS) is 20.9. The molecule has 7 nitrogen and oxygen atoms in total. The Morgan fingerprint density at radius 3 is 3.05 bits per heavy atom. The van der Waals surface area contributed by atoms with Crippen LogP contribution in [-0.2, 0) is 4.74 Å². The van der Waals surface area contributed by atoms with Crippen molar-refractivity contribution in [2.45, 2.75) is 18.6 Å². The number of aromatic nitrogens is 3. The first-order valence-electron chi connectivity index (χ1n) is 6.56. The molecule has 1 fully saturated rings. The number of hydrogen-bond acceptors (Lipinski definition) is 5. The number of carbonyl (C=O) groups is 1. The molecule has 0 saturated carbocycles. The summed E-state index contributed by atoms with van der Waals surface area (Å²) in [5, 5.41) is 18.4. The highest BCUT2D eigenvalue weighted by atomic mass is 16.5. The number of nitriles is 1. The summed E-state index contributed by atoms with van der Waals surface area (Å²) < 4.78 is 5.64. The second-order valence-electron chi connectivity index (χ2n) is 4.72. The van der Waals surface area contributed by atoms with Gasteiger partial charge in [0.05, 0.1) is 17.3 Å². The van der Waals surface area contributed by atoms with Crippen LogP contribution < -0.4 is 5.32 Å². The SMILES string of the molecule is N#Cc1ccc(C(=O)N[C@@H]2CCO[C@H]2c2ccn[nH]2)cn1. The number of carbonyl (C=O) groups excluding carboxylic acids is 1. The van der Waals surface area contributed by atoms with E-state index in [1.807, 2.05) is 12.1 Å². The Hall–Kier alpha value is -2.72. The standard InChI is InChI=1S/C14H13N5O2/c15-7-10-2-1-9(8-16-10)14(20)18-11-4-6-21-13(11)12-3-5-17-19-12/h1-3,5,8,11,13H,4,6H2,(H,17,19)(H,18,20)/t11-,13-/m1/s1. The lowest BCUT2D eigenvalue weighted by atomic mass is 10.1. The molecule has 3 heterocycles. The van der Waals surface area contributed by atoms with Gasteiger partial charge in [-0.25, -0.2) is 4.98 Å². The second kappa shape index (κ2) is 5.73. The van der Waals surface area contributed by atoms with Gasteiger partial charge in [0.15, 0.2) is 0 Å². The van der Waals surface area contributed by atoms with E-state index in [9.17, 15) is 4.79 Å². The number of nitrogens with one attached hydrogen (secondary N) is 2. The average Bonchev–Trinajstić information content (AvgIpc) is 3.18. The van der Waals surface area contributed by atoms with Crippen molar-refractivity contribution in [2.24, 2.45) is 0 Å². The topological polar surface area (TPSA) is 104 Å². The zero-order valence-electron chi connectivity index (χ0n) is 11.1. The van der Waals surface area contributed by atoms with Gasteiger partial charge in [-0.15, -0.1) is 0 Å². The minimum absolute atomic E-state index is 0.117. The molecule has 21 heavy (non-hydrogen) atoms. The van der Waals surface area contributed by atoms with Gasteiger partial charge in [0.1, 0.15) is 17.9 Å². The van der Waals surface area contributed by atoms with Crippen LogP contribution in [0.4, 0.5) is 0 Å². The van der Waals surface area contributed by atoms with Gasteiger partial charge < -0.3 is 10.1 Å². The molecule has 0 bridgehead atoms. The minimum Gasteiger partial charge on any atom is -0.370 e. The van der Waals surface area contributed by atoms with E-state index in [-0.39, 0.29) is 23.7 Å². The summed E-state index contributed by atoms with van der Waals surface area (Å²) in [6.07, 6.45) is 3.57. The number of amides is 1. The number of rotatable bonds is 3. The van der Waals surface area contributed by atoms with Crippen molar-refractivity contribution in [1.82, 2.24) is 20.5 Å². The van der Waals surface area contributed by atoms with Crippen LogP contribution in [0.15, 0.2) is 30.6 Å². The zero-order valence-corrected chi connectivity index (χ0v) is 11.1. The lowest BCUT2D eigenvalue weighted by Crippen LogP contribution is -2.37. The van der Waals surface area contributed by atoms with E-state index in [4.69, 9.17) is 10.00 Å². The van der Waals surface area contributed by atoms with Gasteiger partial charge in [-0.3, -0.25) is 9.89 Å². The molecule has 0 spiro atoms. The van der Waals surface area contributed by atoms with Gasteiger partial charge in [-0.1, -0.05) is 0 Å². The molecule has 3 rings (SSSR count). The summed E-state index contributed by atoms with van der Waals surface area (Å²) in [6, 6.07) is 6.74. The molecule has 1 saturated heterocycles. The monoisotopic (exact) mass is 283 g/mol. The molecule has 0 unspecified atom stereocenters. The Bertz CT molecular complexity index is 660. The Morgan fingerprint density at radius 1 is 1.48 bits per heavy atom. The highest BCUT2D eigenvalue weighted by Crippen LogP contribution is 2.27. The van der Waals surface area contributed by atoms with Gasteiger partial charge in [-0.2, -0.15) is 10.4 Å². The lowest BCUT2D eigenvalue weighted by Gasteiger charge is -2.18. The average molecular weight is 283 g/mol. The van der Waals surface area contributed by atoms with Crippen molar-refractivity contribution in [3.05, 3.63) is 47.5 Å². The van der Waals surface area contributed by atoms with Crippen molar-refractivity contribution in [3.8, 4) is 6.07 Å². The Morgan fingerprint density at radius 2 is 2.38 bits per heavy atom. The van der Waals surface area contributed by atoms with Gasteiger partial charge in [-0.05, 0) is 24.6 Å². The maximum absolute atomic E-state index is 12.2. The van der Waals surface area contributed by atoms with E-state index < -0.39 is 0 Å². The molecule has 106 valence electrons. The Kier molecular flexibility index (Phi) is 3.62. The fourth-order valence-corrected chi connectivity index (χ4v) is 2.32. The second-order valence-corrected chi connectivity index (χ2v) is 4.72. The zero-order chi connectivity index (χ0) is 14.7. The first kappa shape index (κ1) is 13.3. The largest absolute Gasteiger partial charge is 0.370 e. The van der Waals surface area contributed by atoms with E-state index in [1.54, 1.807) is 12.3 Å². The summed E-state index contributed by atoms with van der Waals surface area (Å²) in [5.74, 6) is -0.230. The number of ether oxygens (including phenoxy) is 1. The summed E-state index contributed by atoms with van der Waals surface area (Å²) in [4.78, 5) is 16.1. The summed E-state index contributed by atoms with van der Waals surface area (Å²) in [5.41, 5.74) is 1.55. The molecule has 0 radical (unpaired) electrons. The molecule has 1 aliphatic heterocycles. The van der Waals surface area contributed by atoms with Crippen LogP contribution in [0.2, 0.25) is 0 Å². The minimum atomic E-state index is -0.230. The third-order valence-electron chi connectivity index (χ3n) is 3.38. The van der Waals surface area contributed by atoms with Crippen molar-refractivity contribution < 1.29 is 9.53 Å². The van der Waals surface area contributed by atoms with Crippen LogP contribution in [0, 0.1) is 11.3 Å². The van der Waals surface area contributed by atoms with Crippen molar-refractivity contribution in [3.63, 3.8) is 0 Å². The van der Waals surface area contributed by atoms with E-state index in [1.165, 1.54) is 12.3 Å². The van der Waals surface area contributed by atoms with Crippen molar-refractivity contribution >= 4 is 5.91 Å². The fraction of sp³-hybridized carbons (Fsp3) is 0.286. The molecule has 0 aliphatic carbocycles. The Labute approximate surface area is 121 Å². The lowest BCUT2D eigenvalue weighted by molar-refractivity contribution is 0.0807. The van der Waals surface area contributed by atoms with Gasteiger partial charge in [0, 0.05) is 19.0 Å². The fourth-order valence-electron chi connectivity index (χ4n) is 2.32. The highest BCUT2D eigenvalue weighted by molar-refractivity contribution is 5.94. The molecule has 1 aliphatic rings. The predicted octanol–water partition coefficient (Wildman–Crippen LogP) is 0.936. The molecule has 0 aromatic carbocycles.